The second-order valence-electron chi connectivity index (χ2n) is 42.2. The smallest absolute Gasteiger partial charge is 0.550 e. The van der Waals surface area contributed by atoms with Crippen LogP contribution in [0.25, 0.3) is 0 Å². The van der Waals surface area contributed by atoms with E-state index in [9.17, 15) is 54.0 Å². The third-order valence-electron chi connectivity index (χ3n) is 27.6. The van der Waals surface area contributed by atoms with Crippen LogP contribution in [-0.2, 0) is 72.5 Å². The summed E-state index contributed by atoms with van der Waals surface area (Å²) in [7, 11) is 0. The average Bonchev–Trinajstić information content (AvgIpc) is 1.11. The van der Waals surface area contributed by atoms with Gasteiger partial charge >= 0.3 is 56.9 Å². The fourth-order valence-electron chi connectivity index (χ4n) is 18.2. The van der Waals surface area contributed by atoms with Crippen molar-refractivity contribution in [1.82, 2.24) is 0 Å². The molecule has 0 amide bonds. The summed E-state index contributed by atoms with van der Waals surface area (Å²) >= 11 is 0. The second-order valence-corrected chi connectivity index (χ2v) is 42.2. The van der Waals surface area contributed by atoms with Gasteiger partial charge in [-0.05, 0) is 57.8 Å². The van der Waals surface area contributed by atoms with E-state index in [-0.39, 0.29) is 64.6 Å². The summed E-state index contributed by atoms with van der Waals surface area (Å²) in [6.07, 6.45) is 141. The van der Waals surface area contributed by atoms with Crippen molar-refractivity contribution >= 4 is 41.8 Å². The van der Waals surface area contributed by atoms with Crippen molar-refractivity contribution in [2.75, 3.05) is 0 Å². The zero-order valence-corrected chi connectivity index (χ0v) is 103. The maximum Gasteiger partial charge on any atom is 2.00 e. The van der Waals surface area contributed by atoms with Gasteiger partial charge in [0.15, 0.2) is 0 Å². The van der Waals surface area contributed by atoms with Crippen LogP contribution in [0.1, 0.15) is 755 Å². The van der Waals surface area contributed by atoms with Gasteiger partial charge in [-0.1, -0.05) is 652 Å². The number of carboxylic acid groups (broad SMARTS) is 7. The molecule has 0 radical (unpaired) electrons. The number of carbonyl (C=O) groups is 7. The molecule has 0 saturated carbocycles. The van der Waals surface area contributed by atoms with Crippen LogP contribution in [-0.4, -0.2) is 57.1 Å². The summed E-state index contributed by atoms with van der Waals surface area (Å²) in [6, 6.07) is 0. The van der Waals surface area contributed by atoms with Crippen molar-refractivity contribution < 1.29 is 108 Å². The van der Waals surface area contributed by atoms with Gasteiger partial charge in [-0.3, -0.25) is 14.4 Å². The third-order valence-corrected chi connectivity index (χ3v) is 27.6. The third kappa shape index (κ3) is 189. The molecule has 0 spiro atoms. The van der Waals surface area contributed by atoms with E-state index in [1.165, 1.54) is 559 Å². The molecule has 14 nitrogen and oxygen atoms in total. The molecule has 0 aromatic carbocycles. The molecule has 0 aliphatic rings. The maximum absolute atomic E-state index is 10.3. The van der Waals surface area contributed by atoms with Crippen LogP contribution in [0.4, 0.5) is 0 Å². The Bertz CT molecular complexity index is 1860. The van der Waals surface area contributed by atoms with Crippen molar-refractivity contribution in [2.24, 2.45) is 0 Å². The van der Waals surface area contributed by atoms with Crippen molar-refractivity contribution in [3.63, 3.8) is 0 Å². The molecule has 0 heterocycles. The summed E-state index contributed by atoms with van der Waals surface area (Å²) in [4.78, 5) is 71.9. The van der Waals surface area contributed by atoms with Crippen molar-refractivity contribution in [1.29, 1.82) is 0 Å². The molecular formula is C126H246O14Zn2-2. The van der Waals surface area contributed by atoms with E-state index in [4.69, 9.17) is 15.3 Å². The Labute approximate surface area is 911 Å². The summed E-state index contributed by atoms with van der Waals surface area (Å²) in [5, 5.41) is 66.4. The Morgan fingerprint density at radius 2 is 0.218 bits per heavy atom. The summed E-state index contributed by atoms with van der Waals surface area (Å²) in [5.74, 6) is -5.61. The molecule has 3 N–H and O–H groups in total. The molecular weight excluding hydrogens is 1870 g/mol. The molecule has 840 valence electrons. The first-order valence-corrected chi connectivity index (χ1v) is 62.5. The van der Waals surface area contributed by atoms with Gasteiger partial charge in [0, 0.05) is 43.1 Å². The number of hydrogen-bond acceptors (Lipinski definition) is 11. The number of aliphatic carboxylic acids is 7. The van der Waals surface area contributed by atoms with E-state index >= 15 is 0 Å². The van der Waals surface area contributed by atoms with E-state index < -0.39 is 41.8 Å². The van der Waals surface area contributed by atoms with Gasteiger partial charge in [0.2, 0.25) is 0 Å². The Hall–Kier alpha value is -2.46. The number of hydrogen-bond donors (Lipinski definition) is 3. The minimum absolute atomic E-state index is 0. The van der Waals surface area contributed by atoms with Crippen molar-refractivity contribution in [3.05, 3.63) is 12.8 Å². The van der Waals surface area contributed by atoms with E-state index in [1.54, 1.807) is 0 Å². The molecule has 0 fully saturated rings. The van der Waals surface area contributed by atoms with Gasteiger partial charge in [0.1, 0.15) is 0 Å². The molecule has 0 rings (SSSR count). The maximum atomic E-state index is 10.3. The second kappa shape index (κ2) is 154. The standard InChI is InChI=1S/5C18H36O2.2C18H35O2.2Zn/c7*1-2-3-4-5-6-7-8-9-10-11-12-13-14-15-16-17-18(19)20;;/h5*2-17H2,1H3,(H,19,20);2*14H,2-13,15-17H2,1H3,(H,19,20);;/q;;;;;2*-1;2*+2/p-4. The van der Waals surface area contributed by atoms with Gasteiger partial charge in [0.25, 0.3) is 0 Å². The summed E-state index contributed by atoms with van der Waals surface area (Å²) in [6.45, 7) is 15.9. The van der Waals surface area contributed by atoms with E-state index in [1.807, 2.05) is 0 Å². The monoisotopic (exact) mass is 2110 g/mol. The molecule has 0 bridgehead atoms. The predicted molar refractivity (Wildman–Crippen MR) is 599 cm³/mol. The molecule has 0 aliphatic carbocycles. The number of carboxylic acids is 7. The first-order chi connectivity index (χ1) is 68.4. The normalized spacial score (nSPS) is 10.7. The molecule has 142 heavy (non-hydrogen) atoms. The molecule has 0 atom stereocenters. The van der Waals surface area contributed by atoms with Gasteiger partial charge < -0.3 is 67.8 Å². The van der Waals surface area contributed by atoms with E-state index in [0.717, 1.165) is 103 Å². The van der Waals surface area contributed by atoms with Crippen molar-refractivity contribution in [2.45, 2.75) is 755 Å². The fraction of sp³-hybridized carbons (Fsp3) is 0.929. The molecule has 0 aromatic heterocycles. The zero-order valence-electron chi connectivity index (χ0n) is 96.7. The number of carbonyl (C=O) groups excluding carboxylic acids is 4. The van der Waals surface area contributed by atoms with Crippen molar-refractivity contribution in [3.8, 4) is 0 Å². The van der Waals surface area contributed by atoms with Crippen LogP contribution in [0.3, 0.4) is 0 Å². The molecule has 0 aliphatic heterocycles. The fourth-order valence-corrected chi connectivity index (χ4v) is 18.2. The molecule has 0 saturated heterocycles. The average molecular weight is 2120 g/mol. The Morgan fingerprint density at radius 1 is 0.134 bits per heavy atom. The van der Waals surface area contributed by atoms with E-state index in [0.29, 0.717) is 19.3 Å². The van der Waals surface area contributed by atoms with Gasteiger partial charge in [0.05, 0.1) is 0 Å². The van der Waals surface area contributed by atoms with Crippen LogP contribution >= 0.6 is 0 Å². The molecule has 0 aromatic rings. The first-order valence-electron chi connectivity index (χ1n) is 62.5. The summed E-state index contributed by atoms with van der Waals surface area (Å²) in [5.41, 5.74) is 0. The quantitative estimate of drug-likeness (QED) is 0.0290. The van der Waals surface area contributed by atoms with Crippen LogP contribution in [0.2, 0.25) is 0 Å². The summed E-state index contributed by atoms with van der Waals surface area (Å²) < 4.78 is 0. The number of rotatable bonds is 112. The number of unbranched alkanes of at least 4 members (excludes halogenated alkanes) is 98. The Balaban J connectivity index is -0.000000207. The van der Waals surface area contributed by atoms with Gasteiger partial charge in [-0.15, -0.1) is 0 Å². The minimum Gasteiger partial charge on any atom is -0.550 e. The predicted octanol–water partition coefficient (Wildman–Crippen LogP) is 38.6. The largest absolute Gasteiger partial charge is 2.00 e. The molecule has 0 unspecified atom stereocenters. The van der Waals surface area contributed by atoms with Gasteiger partial charge in [-0.25, -0.2) is 0 Å². The topological polar surface area (TPSA) is 272 Å². The minimum atomic E-state index is -0.923. The first kappa shape index (κ1) is 157. The van der Waals surface area contributed by atoms with Crippen LogP contribution < -0.4 is 20.4 Å². The Morgan fingerprint density at radius 3 is 0.338 bits per heavy atom. The van der Waals surface area contributed by atoms with Crippen LogP contribution in [0.5, 0.6) is 0 Å². The van der Waals surface area contributed by atoms with Crippen LogP contribution in [0.15, 0.2) is 0 Å². The molecule has 16 heteroatoms. The Kier molecular flexibility index (Phi) is 170. The van der Waals surface area contributed by atoms with Gasteiger partial charge in [-0.2, -0.15) is 25.7 Å². The zero-order chi connectivity index (χ0) is 104. The van der Waals surface area contributed by atoms with Crippen LogP contribution in [0, 0.1) is 12.8 Å². The SMILES string of the molecule is CCCCCCCCCCCCCCCCCC(=O)O.CCCCCCCCCCCCCCCCCC(=O)O.CCCCCCCCCCCCCCCCCC(=O)[O-].CCCCCCCCCCCCCCCCCC(=O)[O-].CCCCCCCCCCCCCCCCCC(=O)[O-].CCCCCCCCCCCCC[CH-]CCCC(=O)O.CCCCCCCCCCCCC[CH-]CCCC(=O)[O-].[Zn+2].[Zn+2]. The van der Waals surface area contributed by atoms with E-state index in [2.05, 4.69) is 61.3 Å².